The number of unbranched alkanes of at least 4 members (excludes halogenated alkanes) is 7. The molecule has 0 heterocycles. The van der Waals surface area contributed by atoms with Gasteiger partial charge in [-0.05, 0) is 35.7 Å². The summed E-state index contributed by atoms with van der Waals surface area (Å²) in [5.41, 5.74) is 2.44. The molecule has 2 aromatic carbocycles. The first-order chi connectivity index (χ1) is 11.4. The molecule has 0 unspecified atom stereocenters. The van der Waals surface area contributed by atoms with E-state index in [4.69, 9.17) is 4.74 Å². The quantitative estimate of drug-likeness (QED) is 0.421. The minimum Gasteiger partial charge on any atom is -0.494 e. The van der Waals surface area contributed by atoms with Crippen LogP contribution in [0.3, 0.4) is 0 Å². The second-order valence-electron chi connectivity index (χ2n) is 6.14. The van der Waals surface area contributed by atoms with Crippen molar-refractivity contribution in [3.8, 4) is 16.9 Å². The maximum Gasteiger partial charge on any atom is 0.119 e. The second-order valence-corrected chi connectivity index (χ2v) is 6.14. The van der Waals surface area contributed by atoms with Crippen LogP contribution in [0, 0.1) is 6.07 Å². The molecule has 0 bridgehead atoms. The predicted molar refractivity (Wildman–Crippen MR) is 98.8 cm³/mol. The van der Waals surface area contributed by atoms with E-state index < -0.39 is 0 Å². The molecule has 123 valence electrons. The first kappa shape index (κ1) is 17.6. The molecule has 2 aromatic rings. The van der Waals surface area contributed by atoms with Gasteiger partial charge in [0.05, 0.1) is 6.61 Å². The van der Waals surface area contributed by atoms with Gasteiger partial charge in [-0.3, -0.25) is 0 Å². The van der Waals surface area contributed by atoms with E-state index in [0.29, 0.717) is 0 Å². The first-order valence-electron chi connectivity index (χ1n) is 9.09. The molecule has 1 radical (unpaired) electrons. The Morgan fingerprint density at radius 2 is 1.26 bits per heavy atom. The first-order valence-corrected chi connectivity index (χ1v) is 9.09. The molecule has 23 heavy (non-hydrogen) atoms. The van der Waals surface area contributed by atoms with Gasteiger partial charge in [0, 0.05) is 0 Å². The van der Waals surface area contributed by atoms with Crippen molar-refractivity contribution in [1.29, 1.82) is 0 Å². The van der Waals surface area contributed by atoms with Crippen LogP contribution < -0.4 is 4.74 Å². The summed E-state index contributed by atoms with van der Waals surface area (Å²) in [6, 6.07) is 19.5. The van der Waals surface area contributed by atoms with Gasteiger partial charge in [-0.15, -0.1) is 0 Å². The van der Waals surface area contributed by atoms with Gasteiger partial charge < -0.3 is 4.74 Å². The molecule has 0 fully saturated rings. The average molecular weight is 309 g/mol. The van der Waals surface area contributed by atoms with Crippen molar-refractivity contribution in [1.82, 2.24) is 0 Å². The fourth-order valence-corrected chi connectivity index (χ4v) is 2.75. The molecule has 0 aromatic heterocycles. The predicted octanol–water partition coefficient (Wildman–Crippen LogP) is 6.67. The Morgan fingerprint density at radius 1 is 0.696 bits per heavy atom. The Balaban J connectivity index is 1.60. The summed E-state index contributed by atoms with van der Waals surface area (Å²) < 4.78 is 5.84. The van der Waals surface area contributed by atoms with Crippen LogP contribution in [0.1, 0.15) is 58.3 Å². The Bertz CT molecular complexity index is 515. The maximum absolute atomic E-state index is 5.84. The van der Waals surface area contributed by atoms with E-state index in [1.807, 2.05) is 12.1 Å². The number of hydrogen-bond donors (Lipinski definition) is 0. The standard InChI is InChI=1S/C22H29O/c1-2-3-4-5-6-7-8-12-19-23-22-17-15-21(16-18-22)20-13-10-9-11-14-20/h10-11,13-18H,2-8,12,19H2,1H3. The summed E-state index contributed by atoms with van der Waals surface area (Å²) in [7, 11) is 0. The zero-order chi connectivity index (χ0) is 16.2. The molecule has 0 saturated carbocycles. The number of ether oxygens (including phenoxy) is 1. The highest BCUT2D eigenvalue weighted by Gasteiger charge is 1.98. The molecule has 0 N–H and O–H groups in total. The van der Waals surface area contributed by atoms with Crippen LogP contribution in [-0.4, -0.2) is 6.61 Å². The zero-order valence-corrected chi connectivity index (χ0v) is 14.4. The lowest BCUT2D eigenvalue weighted by Gasteiger charge is -2.07. The van der Waals surface area contributed by atoms with Gasteiger partial charge in [0.15, 0.2) is 0 Å². The molecule has 0 amide bonds. The normalized spacial score (nSPS) is 10.7. The van der Waals surface area contributed by atoms with Crippen LogP contribution in [0.5, 0.6) is 5.75 Å². The highest BCUT2D eigenvalue weighted by atomic mass is 16.5. The summed E-state index contributed by atoms with van der Waals surface area (Å²) in [4.78, 5) is 0. The van der Waals surface area contributed by atoms with Crippen molar-refractivity contribution in [3.05, 3.63) is 54.6 Å². The Morgan fingerprint density at radius 3 is 1.91 bits per heavy atom. The van der Waals surface area contributed by atoms with Crippen molar-refractivity contribution in [2.75, 3.05) is 6.61 Å². The van der Waals surface area contributed by atoms with Crippen LogP contribution >= 0.6 is 0 Å². The minimum atomic E-state index is 0.828. The van der Waals surface area contributed by atoms with Crippen molar-refractivity contribution < 1.29 is 4.74 Å². The van der Waals surface area contributed by atoms with Gasteiger partial charge in [-0.2, -0.15) is 0 Å². The lowest BCUT2D eigenvalue weighted by molar-refractivity contribution is 0.304. The van der Waals surface area contributed by atoms with Crippen molar-refractivity contribution in [2.45, 2.75) is 58.3 Å². The van der Waals surface area contributed by atoms with Gasteiger partial charge in [-0.25, -0.2) is 0 Å². The summed E-state index contributed by atoms with van der Waals surface area (Å²) in [6.45, 7) is 3.09. The van der Waals surface area contributed by atoms with E-state index >= 15 is 0 Å². The van der Waals surface area contributed by atoms with E-state index in [1.54, 1.807) is 0 Å². The van der Waals surface area contributed by atoms with E-state index in [2.05, 4.69) is 49.4 Å². The van der Waals surface area contributed by atoms with Crippen LogP contribution in [0.15, 0.2) is 48.5 Å². The number of benzene rings is 2. The molecule has 1 nitrogen and oxygen atoms in total. The van der Waals surface area contributed by atoms with E-state index in [9.17, 15) is 0 Å². The molecule has 0 aliphatic rings. The highest BCUT2D eigenvalue weighted by molar-refractivity contribution is 5.63. The molecule has 0 spiro atoms. The molecule has 0 atom stereocenters. The van der Waals surface area contributed by atoms with Gasteiger partial charge in [0.1, 0.15) is 5.75 Å². The topological polar surface area (TPSA) is 9.23 Å². The average Bonchev–Trinajstić information content (AvgIpc) is 2.62. The van der Waals surface area contributed by atoms with Crippen molar-refractivity contribution >= 4 is 0 Å². The SMILES string of the molecule is CCCCCCCCCCOc1ccc(-c2cc[c]cc2)cc1. The van der Waals surface area contributed by atoms with Gasteiger partial charge in [-0.1, -0.05) is 88.3 Å². The van der Waals surface area contributed by atoms with E-state index in [0.717, 1.165) is 18.8 Å². The van der Waals surface area contributed by atoms with Crippen molar-refractivity contribution in [3.63, 3.8) is 0 Å². The summed E-state index contributed by atoms with van der Waals surface area (Å²) >= 11 is 0. The third kappa shape index (κ3) is 6.90. The Kier molecular flexibility index (Phi) is 8.32. The van der Waals surface area contributed by atoms with Gasteiger partial charge >= 0.3 is 0 Å². The van der Waals surface area contributed by atoms with Gasteiger partial charge in [0.25, 0.3) is 0 Å². The summed E-state index contributed by atoms with van der Waals surface area (Å²) in [6.07, 6.45) is 10.7. The molecule has 1 heteroatoms. The zero-order valence-electron chi connectivity index (χ0n) is 14.4. The smallest absolute Gasteiger partial charge is 0.119 e. The van der Waals surface area contributed by atoms with Crippen LogP contribution in [0.2, 0.25) is 0 Å². The largest absolute Gasteiger partial charge is 0.494 e. The van der Waals surface area contributed by atoms with E-state index in [1.165, 1.54) is 56.1 Å². The second kappa shape index (κ2) is 10.9. The van der Waals surface area contributed by atoms with Crippen LogP contribution in [0.4, 0.5) is 0 Å². The molecule has 0 aliphatic carbocycles. The minimum absolute atomic E-state index is 0.828. The fourth-order valence-electron chi connectivity index (χ4n) is 2.75. The maximum atomic E-state index is 5.84. The van der Waals surface area contributed by atoms with Gasteiger partial charge in [0.2, 0.25) is 0 Å². The van der Waals surface area contributed by atoms with Crippen molar-refractivity contribution in [2.24, 2.45) is 0 Å². The molecular formula is C22H29O. The summed E-state index contributed by atoms with van der Waals surface area (Å²) in [5.74, 6) is 0.971. The van der Waals surface area contributed by atoms with Crippen LogP contribution in [-0.2, 0) is 0 Å². The van der Waals surface area contributed by atoms with Crippen LogP contribution in [0.25, 0.3) is 11.1 Å². The Hall–Kier alpha value is -1.76. The van der Waals surface area contributed by atoms with E-state index in [-0.39, 0.29) is 0 Å². The number of rotatable bonds is 11. The highest BCUT2D eigenvalue weighted by Crippen LogP contribution is 2.22. The number of hydrogen-bond acceptors (Lipinski definition) is 1. The molecule has 0 aliphatic heterocycles. The molecule has 2 rings (SSSR count). The fraction of sp³-hybridized carbons (Fsp3) is 0.455. The monoisotopic (exact) mass is 309 g/mol. The molecule has 0 saturated heterocycles. The summed E-state index contributed by atoms with van der Waals surface area (Å²) in [5, 5.41) is 0. The lowest BCUT2D eigenvalue weighted by Crippen LogP contribution is -1.97. The lowest BCUT2D eigenvalue weighted by atomic mass is 10.1. The molecular weight excluding hydrogens is 280 g/mol. The Labute approximate surface area is 141 Å². The third-order valence-electron chi connectivity index (χ3n) is 4.17. The third-order valence-corrected chi connectivity index (χ3v) is 4.17.